The third kappa shape index (κ3) is 8.52. The fourth-order valence-corrected chi connectivity index (χ4v) is 4.73. The average molecular weight is 597 g/mol. The molecule has 1 aliphatic heterocycles. The second kappa shape index (κ2) is 15.1. The highest BCUT2D eigenvalue weighted by molar-refractivity contribution is 5.85. The molecule has 232 valence electrons. The van der Waals surface area contributed by atoms with Gasteiger partial charge in [0.25, 0.3) is 0 Å². The van der Waals surface area contributed by atoms with Crippen LogP contribution in [0.15, 0.2) is 42.6 Å². The number of ether oxygens (including phenoxy) is 5. The number of nitrogens with zero attached hydrogens (tertiary/aromatic N) is 5. The first-order valence-corrected chi connectivity index (χ1v) is 14.0. The number of benzene rings is 2. The Labute approximate surface area is 251 Å². The van der Waals surface area contributed by atoms with Gasteiger partial charge in [0, 0.05) is 62.8 Å². The first kappa shape index (κ1) is 31.4. The number of hydrogen-bond donors (Lipinski definition) is 2. The SMILES string of the molecule is COc1cc(CN(C(=O)O)c2ccnc(Nc3cc(OC)c(OC)c(OCCCN4CCN(C)CC4)c3)n2)cc(OC)c1. The summed E-state index contributed by atoms with van der Waals surface area (Å²) in [6.07, 6.45) is 1.18. The summed E-state index contributed by atoms with van der Waals surface area (Å²) < 4.78 is 27.9. The second-order valence-corrected chi connectivity index (χ2v) is 10.0. The van der Waals surface area contributed by atoms with Crippen LogP contribution in [0.25, 0.3) is 0 Å². The van der Waals surface area contributed by atoms with Crippen molar-refractivity contribution in [3.05, 3.63) is 48.2 Å². The van der Waals surface area contributed by atoms with Crippen LogP contribution < -0.4 is 33.9 Å². The first-order chi connectivity index (χ1) is 20.8. The minimum atomic E-state index is -1.18. The van der Waals surface area contributed by atoms with Gasteiger partial charge < -0.3 is 43.9 Å². The Morgan fingerprint density at radius 3 is 2.28 bits per heavy atom. The molecule has 0 saturated carbocycles. The van der Waals surface area contributed by atoms with Crippen LogP contribution in [0.5, 0.6) is 28.7 Å². The highest BCUT2D eigenvalue weighted by atomic mass is 16.5. The Morgan fingerprint density at radius 2 is 1.65 bits per heavy atom. The molecule has 0 bridgehead atoms. The predicted molar refractivity (Wildman–Crippen MR) is 163 cm³/mol. The molecule has 4 rings (SSSR count). The second-order valence-electron chi connectivity index (χ2n) is 10.0. The maximum absolute atomic E-state index is 12.3. The summed E-state index contributed by atoms with van der Waals surface area (Å²) in [5, 5.41) is 13.2. The zero-order valence-electron chi connectivity index (χ0n) is 25.3. The summed E-state index contributed by atoms with van der Waals surface area (Å²) in [6, 6.07) is 10.3. The van der Waals surface area contributed by atoms with Gasteiger partial charge in [0.05, 0.1) is 41.6 Å². The first-order valence-electron chi connectivity index (χ1n) is 14.0. The van der Waals surface area contributed by atoms with Crippen molar-refractivity contribution in [1.29, 1.82) is 0 Å². The van der Waals surface area contributed by atoms with E-state index in [9.17, 15) is 9.90 Å². The number of rotatable bonds is 14. The molecule has 13 nitrogen and oxygen atoms in total. The number of anilines is 3. The minimum Gasteiger partial charge on any atom is -0.497 e. The zero-order valence-corrected chi connectivity index (χ0v) is 25.3. The number of nitrogens with one attached hydrogen (secondary N) is 1. The summed E-state index contributed by atoms with van der Waals surface area (Å²) in [4.78, 5) is 26.9. The molecule has 1 amide bonds. The predicted octanol–water partition coefficient (Wildman–Crippen LogP) is 3.96. The highest BCUT2D eigenvalue weighted by Crippen LogP contribution is 2.41. The van der Waals surface area contributed by atoms with Crippen LogP contribution >= 0.6 is 0 Å². The van der Waals surface area contributed by atoms with Gasteiger partial charge in [-0.15, -0.1) is 0 Å². The van der Waals surface area contributed by atoms with Gasteiger partial charge in [0.15, 0.2) is 11.5 Å². The van der Waals surface area contributed by atoms with Crippen molar-refractivity contribution in [2.75, 3.05) is 85.0 Å². The van der Waals surface area contributed by atoms with E-state index in [1.165, 1.54) is 26.5 Å². The molecule has 1 fully saturated rings. The number of likely N-dealkylation sites (N-methyl/N-ethyl adjacent to an activating group) is 1. The Bertz CT molecular complexity index is 1340. The number of aromatic nitrogens is 2. The number of methoxy groups -OCH3 is 4. The van der Waals surface area contributed by atoms with Crippen molar-refractivity contribution in [3.8, 4) is 28.7 Å². The lowest BCUT2D eigenvalue weighted by Crippen LogP contribution is -2.44. The zero-order chi connectivity index (χ0) is 30.8. The maximum Gasteiger partial charge on any atom is 0.413 e. The van der Waals surface area contributed by atoms with Gasteiger partial charge in [0.2, 0.25) is 11.7 Å². The normalized spacial score (nSPS) is 13.7. The van der Waals surface area contributed by atoms with Gasteiger partial charge in [-0.05, 0) is 37.2 Å². The lowest BCUT2D eigenvalue weighted by Gasteiger charge is -2.32. The number of amides is 1. The van der Waals surface area contributed by atoms with Crippen molar-refractivity contribution >= 4 is 23.5 Å². The molecule has 1 saturated heterocycles. The van der Waals surface area contributed by atoms with E-state index in [2.05, 4.69) is 32.1 Å². The summed E-state index contributed by atoms with van der Waals surface area (Å²) in [5.74, 6) is 2.95. The van der Waals surface area contributed by atoms with E-state index in [1.54, 1.807) is 44.6 Å². The fraction of sp³-hybridized carbons (Fsp3) is 0.433. The van der Waals surface area contributed by atoms with Crippen molar-refractivity contribution in [2.45, 2.75) is 13.0 Å². The molecule has 43 heavy (non-hydrogen) atoms. The van der Waals surface area contributed by atoms with Crippen LogP contribution in [0.4, 0.5) is 22.2 Å². The van der Waals surface area contributed by atoms with Crippen molar-refractivity contribution in [2.24, 2.45) is 0 Å². The largest absolute Gasteiger partial charge is 0.497 e. The van der Waals surface area contributed by atoms with Gasteiger partial charge in [0.1, 0.15) is 17.3 Å². The summed E-state index contributed by atoms with van der Waals surface area (Å²) in [5.41, 5.74) is 1.25. The molecule has 0 unspecified atom stereocenters. The molecular weight excluding hydrogens is 556 g/mol. The van der Waals surface area contributed by atoms with Crippen LogP contribution in [0, 0.1) is 0 Å². The Balaban J connectivity index is 1.49. The summed E-state index contributed by atoms with van der Waals surface area (Å²) in [7, 11) is 8.33. The van der Waals surface area contributed by atoms with Crippen LogP contribution in [-0.2, 0) is 6.54 Å². The van der Waals surface area contributed by atoms with Gasteiger partial charge in [-0.3, -0.25) is 4.90 Å². The monoisotopic (exact) mass is 596 g/mol. The Kier molecular flexibility index (Phi) is 11.1. The minimum absolute atomic E-state index is 0.0157. The van der Waals surface area contributed by atoms with E-state index in [0.717, 1.165) is 44.0 Å². The molecule has 2 heterocycles. The molecule has 2 N–H and O–H groups in total. The molecule has 3 aromatic rings. The molecule has 1 aromatic heterocycles. The molecule has 2 aromatic carbocycles. The number of piperazine rings is 1. The molecule has 0 radical (unpaired) electrons. The van der Waals surface area contributed by atoms with E-state index >= 15 is 0 Å². The van der Waals surface area contributed by atoms with E-state index in [-0.39, 0.29) is 18.3 Å². The molecule has 0 atom stereocenters. The van der Waals surface area contributed by atoms with Gasteiger partial charge >= 0.3 is 6.09 Å². The van der Waals surface area contributed by atoms with Crippen LogP contribution in [0.1, 0.15) is 12.0 Å². The van der Waals surface area contributed by atoms with Crippen LogP contribution in [0.3, 0.4) is 0 Å². The fourth-order valence-electron chi connectivity index (χ4n) is 4.73. The topological polar surface area (TPSA) is 131 Å². The highest BCUT2D eigenvalue weighted by Gasteiger charge is 2.20. The van der Waals surface area contributed by atoms with Gasteiger partial charge in [-0.25, -0.2) is 9.78 Å². The van der Waals surface area contributed by atoms with E-state index in [0.29, 0.717) is 46.6 Å². The lowest BCUT2D eigenvalue weighted by atomic mass is 10.2. The van der Waals surface area contributed by atoms with Crippen molar-refractivity contribution in [1.82, 2.24) is 19.8 Å². The lowest BCUT2D eigenvalue weighted by molar-refractivity contribution is 0.145. The maximum atomic E-state index is 12.3. The third-order valence-corrected chi connectivity index (χ3v) is 7.07. The number of carboxylic acid groups (broad SMARTS) is 1. The van der Waals surface area contributed by atoms with Crippen LogP contribution in [-0.4, -0.2) is 106 Å². The molecule has 0 spiro atoms. The smallest absolute Gasteiger partial charge is 0.413 e. The van der Waals surface area contributed by atoms with Crippen molar-refractivity contribution in [3.63, 3.8) is 0 Å². The average Bonchev–Trinajstić information content (AvgIpc) is 3.02. The third-order valence-electron chi connectivity index (χ3n) is 7.07. The van der Waals surface area contributed by atoms with Crippen molar-refractivity contribution < 1.29 is 33.6 Å². The molecular formula is C30H40N6O7. The van der Waals surface area contributed by atoms with E-state index in [4.69, 9.17) is 23.7 Å². The summed E-state index contributed by atoms with van der Waals surface area (Å²) in [6.45, 7) is 5.73. The standard InChI is InChI=1S/C30H40N6O7/c1-34-10-12-35(13-11-34)9-6-14-43-26-18-22(17-25(41-4)28(26)42-5)32-29-31-8-7-27(33-29)36(30(37)38)20-21-15-23(39-2)19-24(16-21)40-3/h7-8,15-19H,6,9-14,20H2,1-5H3,(H,37,38)(H,31,32,33). The molecule has 0 aliphatic carbocycles. The Hall–Kier alpha value is -4.49. The number of hydrogen-bond acceptors (Lipinski definition) is 11. The molecule has 13 heteroatoms. The quantitative estimate of drug-likeness (QED) is 0.261. The number of carbonyl (C=O) groups is 1. The Morgan fingerprint density at radius 1 is 0.953 bits per heavy atom. The van der Waals surface area contributed by atoms with Gasteiger partial charge in [-0.1, -0.05) is 0 Å². The van der Waals surface area contributed by atoms with E-state index < -0.39 is 6.09 Å². The molecule has 1 aliphatic rings. The van der Waals surface area contributed by atoms with Gasteiger partial charge in [-0.2, -0.15) is 4.98 Å². The van der Waals surface area contributed by atoms with E-state index in [1.807, 2.05) is 0 Å². The summed E-state index contributed by atoms with van der Waals surface area (Å²) >= 11 is 0. The van der Waals surface area contributed by atoms with Crippen LogP contribution in [0.2, 0.25) is 0 Å².